The maximum absolute atomic E-state index is 9.00. The molecule has 0 bridgehead atoms. The van der Waals surface area contributed by atoms with Crippen molar-refractivity contribution < 1.29 is 9.47 Å². The van der Waals surface area contributed by atoms with Crippen molar-refractivity contribution in [2.45, 2.75) is 0 Å². The van der Waals surface area contributed by atoms with Crippen LogP contribution in [0.25, 0.3) is 11.3 Å². The molecule has 1 aromatic carbocycles. The molecule has 2 rings (SSSR count). The smallest absolute Gasteiger partial charge is 0.170 e. The number of nitrogen functional groups attached to an aromatic ring is 1. The van der Waals surface area contributed by atoms with E-state index in [1.54, 1.807) is 18.2 Å². The highest BCUT2D eigenvalue weighted by molar-refractivity contribution is 5.74. The molecule has 0 radical (unpaired) electrons. The largest absolute Gasteiger partial charge is 0.493 e. The second-order valence-electron chi connectivity index (χ2n) is 3.58. The fourth-order valence-electron chi connectivity index (χ4n) is 1.70. The highest BCUT2D eigenvalue weighted by Crippen LogP contribution is 2.38. The van der Waals surface area contributed by atoms with Gasteiger partial charge in [0, 0.05) is 17.7 Å². The summed E-state index contributed by atoms with van der Waals surface area (Å²) in [6, 6.07) is 7.04. The summed E-state index contributed by atoms with van der Waals surface area (Å²) >= 11 is 0. The molecule has 2 aromatic rings. The van der Waals surface area contributed by atoms with E-state index in [0.29, 0.717) is 34.1 Å². The molecule has 0 fully saturated rings. The summed E-state index contributed by atoms with van der Waals surface area (Å²) in [6.45, 7) is 0. The van der Waals surface area contributed by atoms with Crippen molar-refractivity contribution in [1.82, 2.24) is 10.2 Å². The summed E-state index contributed by atoms with van der Waals surface area (Å²) in [5.74, 6) is 1.38. The molecule has 6 heteroatoms. The van der Waals surface area contributed by atoms with Crippen LogP contribution in [0.15, 0.2) is 18.2 Å². The van der Waals surface area contributed by atoms with E-state index in [-0.39, 0.29) is 0 Å². The van der Waals surface area contributed by atoms with Gasteiger partial charge in [0.15, 0.2) is 11.5 Å². The zero-order valence-corrected chi connectivity index (χ0v) is 10.0. The van der Waals surface area contributed by atoms with Gasteiger partial charge in [0.1, 0.15) is 5.82 Å². The third-order valence-corrected chi connectivity index (χ3v) is 2.50. The van der Waals surface area contributed by atoms with Crippen LogP contribution in [0.1, 0.15) is 5.56 Å². The Labute approximate surface area is 104 Å². The van der Waals surface area contributed by atoms with E-state index in [0.717, 1.165) is 0 Å². The van der Waals surface area contributed by atoms with Gasteiger partial charge in [0.2, 0.25) is 0 Å². The molecule has 0 saturated heterocycles. The number of aromatic amines is 1. The van der Waals surface area contributed by atoms with E-state index in [2.05, 4.69) is 16.3 Å². The first-order valence-electron chi connectivity index (χ1n) is 5.17. The third kappa shape index (κ3) is 1.94. The molecule has 0 amide bonds. The van der Waals surface area contributed by atoms with Crippen LogP contribution in [0.4, 0.5) is 5.82 Å². The Morgan fingerprint density at radius 1 is 1.28 bits per heavy atom. The normalized spacial score (nSPS) is 9.83. The number of H-pyrrole nitrogens is 1. The molecule has 0 unspecified atom stereocenters. The number of aromatic nitrogens is 2. The number of hydrogen-bond acceptors (Lipinski definition) is 5. The van der Waals surface area contributed by atoms with Crippen LogP contribution in [0.3, 0.4) is 0 Å². The fraction of sp³-hybridized carbons (Fsp3) is 0.167. The topological polar surface area (TPSA) is 97.0 Å². The second kappa shape index (κ2) is 4.67. The lowest BCUT2D eigenvalue weighted by Gasteiger charge is -2.12. The molecule has 0 saturated carbocycles. The summed E-state index contributed by atoms with van der Waals surface area (Å²) in [7, 11) is 3.05. The van der Waals surface area contributed by atoms with Crippen molar-refractivity contribution in [3.63, 3.8) is 0 Å². The molecule has 92 valence electrons. The molecule has 0 aliphatic heterocycles. The number of methoxy groups -OCH3 is 2. The van der Waals surface area contributed by atoms with Crippen LogP contribution in [-0.4, -0.2) is 24.4 Å². The van der Waals surface area contributed by atoms with E-state index in [1.165, 1.54) is 14.2 Å². The van der Waals surface area contributed by atoms with Crippen molar-refractivity contribution in [1.29, 1.82) is 5.26 Å². The highest BCUT2D eigenvalue weighted by Gasteiger charge is 2.15. The van der Waals surface area contributed by atoms with Crippen molar-refractivity contribution in [3.8, 4) is 28.8 Å². The number of nitrogens with zero attached hydrogens (tertiary/aromatic N) is 2. The molecule has 0 aliphatic rings. The molecule has 0 aliphatic carbocycles. The molecule has 6 nitrogen and oxygen atoms in total. The van der Waals surface area contributed by atoms with Gasteiger partial charge in [0.25, 0.3) is 0 Å². The summed E-state index contributed by atoms with van der Waals surface area (Å²) in [5.41, 5.74) is 7.38. The Balaban J connectivity index is 2.68. The number of nitrogens with one attached hydrogen (secondary N) is 1. The fourth-order valence-corrected chi connectivity index (χ4v) is 1.70. The Morgan fingerprint density at radius 2 is 2.06 bits per heavy atom. The molecule has 0 spiro atoms. The van der Waals surface area contributed by atoms with Gasteiger partial charge < -0.3 is 15.2 Å². The highest BCUT2D eigenvalue weighted by atomic mass is 16.5. The van der Waals surface area contributed by atoms with Gasteiger partial charge in [-0.05, 0) is 6.07 Å². The number of rotatable bonds is 3. The Kier molecular flexibility index (Phi) is 3.06. The maximum Gasteiger partial charge on any atom is 0.170 e. The Bertz CT molecular complexity index is 613. The van der Waals surface area contributed by atoms with Gasteiger partial charge in [0.05, 0.1) is 31.5 Å². The minimum atomic E-state index is 0.369. The van der Waals surface area contributed by atoms with E-state index in [9.17, 15) is 0 Å². The molecular formula is C12H12N4O2. The maximum atomic E-state index is 9.00. The van der Waals surface area contributed by atoms with Crippen molar-refractivity contribution in [3.05, 3.63) is 23.8 Å². The van der Waals surface area contributed by atoms with Crippen LogP contribution in [0.5, 0.6) is 11.5 Å². The average molecular weight is 244 g/mol. The van der Waals surface area contributed by atoms with E-state index >= 15 is 0 Å². The number of hydrogen-bond donors (Lipinski definition) is 2. The molecule has 1 heterocycles. The van der Waals surface area contributed by atoms with Gasteiger partial charge >= 0.3 is 0 Å². The number of anilines is 1. The van der Waals surface area contributed by atoms with E-state index in [1.807, 2.05) is 0 Å². The SMILES string of the molecule is COc1cc(C#N)cc(-c2cc(N)n[nH]2)c1OC. The van der Waals surface area contributed by atoms with Crippen LogP contribution in [-0.2, 0) is 0 Å². The standard InChI is InChI=1S/C12H12N4O2/c1-17-10-4-7(6-13)3-8(12(10)18-2)9-5-11(14)16-15-9/h3-5H,1-2H3,(H3,14,15,16). The lowest BCUT2D eigenvalue weighted by atomic mass is 10.1. The van der Waals surface area contributed by atoms with Crippen LogP contribution in [0, 0.1) is 11.3 Å². The first-order valence-corrected chi connectivity index (χ1v) is 5.17. The average Bonchev–Trinajstić information content (AvgIpc) is 2.83. The van der Waals surface area contributed by atoms with Gasteiger partial charge in [-0.25, -0.2) is 0 Å². The van der Waals surface area contributed by atoms with Crippen molar-refractivity contribution >= 4 is 5.82 Å². The van der Waals surface area contributed by atoms with Gasteiger partial charge in [-0.2, -0.15) is 10.4 Å². The predicted octanol–water partition coefficient (Wildman–Crippen LogP) is 1.55. The number of benzene rings is 1. The molecule has 1 aromatic heterocycles. The number of nitriles is 1. The Morgan fingerprint density at radius 3 is 2.56 bits per heavy atom. The summed E-state index contributed by atoms with van der Waals surface area (Å²) in [5, 5.41) is 15.6. The quantitative estimate of drug-likeness (QED) is 0.853. The Hall–Kier alpha value is -2.68. The van der Waals surface area contributed by atoms with Crippen molar-refractivity contribution in [2.75, 3.05) is 20.0 Å². The zero-order valence-electron chi connectivity index (χ0n) is 10.0. The van der Waals surface area contributed by atoms with E-state index < -0.39 is 0 Å². The molecule has 3 N–H and O–H groups in total. The van der Waals surface area contributed by atoms with Crippen LogP contribution >= 0.6 is 0 Å². The second-order valence-corrected chi connectivity index (χ2v) is 3.58. The monoisotopic (exact) mass is 244 g/mol. The first-order chi connectivity index (χ1) is 8.69. The predicted molar refractivity (Wildman–Crippen MR) is 66.3 cm³/mol. The van der Waals surface area contributed by atoms with Gasteiger partial charge in [-0.3, -0.25) is 5.10 Å². The lowest BCUT2D eigenvalue weighted by Crippen LogP contribution is -1.95. The number of nitrogens with two attached hydrogens (primary N) is 1. The first kappa shape index (κ1) is 11.8. The van der Waals surface area contributed by atoms with Gasteiger partial charge in [-0.1, -0.05) is 0 Å². The molecular weight excluding hydrogens is 232 g/mol. The summed E-state index contributed by atoms with van der Waals surface area (Å²) in [6.07, 6.45) is 0. The van der Waals surface area contributed by atoms with Crippen molar-refractivity contribution in [2.24, 2.45) is 0 Å². The van der Waals surface area contributed by atoms with Gasteiger partial charge in [-0.15, -0.1) is 0 Å². The molecule has 0 atom stereocenters. The number of ether oxygens (including phenoxy) is 2. The minimum absolute atomic E-state index is 0.369. The van der Waals surface area contributed by atoms with Crippen LogP contribution < -0.4 is 15.2 Å². The van der Waals surface area contributed by atoms with E-state index in [4.69, 9.17) is 20.5 Å². The summed E-state index contributed by atoms with van der Waals surface area (Å²) in [4.78, 5) is 0. The third-order valence-electron chi connectivity index (χ3n) is 2.50. The van der Waals surface area contributed by atoms with Crippen LogP contribution in [0.2, 0.25) is 0 Å². The molecule has 18 heavy (non-hydrogen) atoms. The lowest BCUT2D eigenvalue weighted by molar-refractivity contribution is 0.356. The minimum Gasteiger partial charge on any atom is -0.493 e. The summed E-state index contributed by atoms with van der Waals surface area (Å²) < 4.78 is 10.5. The zero-order chi connectivity index (χ0) is 13.1.